The lowest BCUT2D eigenvalue weighted by Crippen LogP contribution is -2.30. The number of amides is 1. The van der Waals surface area contributed by atoms with Gasteiger partial charge in [0.25, 0.3) is 5.91 Å². The molecule has 0 spiro atoms. The number of carbonyl (C=O) groups excluding carboxylic acids is 1. The maximum Gasteiger partial charge on any atom is 0.251 e. The molecule has 0 saturated carbocycles. The average molecular weight is 415 g/mol. The summed E-state index contributed by atoms with van der Waals surface area (Å²) in [7, 11) is 0. The number of nitrogens with one attached hydrogen (secondary N) is 2. The zero-order valence-corrected chi connectivity index (χ0v) is 18.0. The van der Waals surface area contributed by atoms with Crippen LogP contribution in [-0.4, -0.2) is 47.2 Å². The van der Waals surface area contributed by atoms with E-state index < -0.39 is 0 Å². The molecule has 0 bridgehead atoms. The number of nitrogens with zero attached hydrogens (tertiary/aromatic N) is 2. The second-order valence-corrected chi connectivity index (χ2v) is 8.70. The molecule has 1 aliphatic carbocycles. The normalized spacial score (nSPS) is 15.9. The highest BCUT2D eigenvalue weighted by Gasteiger charge is 2.24. The Kier molecular flexibility index (Phi) is 5.85. The summed E-state index contributed by atoms with van der Waals surface area (Å²) in [5, 5.41) is 10.8. The van der Waals surface area contributed by atoms with Gasteiger partial charge in [0.15, 0.2) is 0 Å². The number of rotatable bonds is 6. The van der Waals surface area contributed by atoms with Crippen molar-refractivity contribution >= 4 is 5.91 Å². The van der Waals surface area contributed by atoms with Crippen LogP contribution in [0.4, 0.5) is 0 Å². The van der Waals surface area contributed by atoms with Crippen LogP contribution in [0.15, 0.2) is 48.5 Å². The fraction of sp³-hybridized carbons (Fsp3) is 0.385. The van der Waals surface area contributed by atoms with Crippen LogP contribution in [0.1, 0.15) is 53.6 Å². The van der Waals surface area contributed by atoms with Gasteiger partial charge in [0.05, 0.1) is 11.4 Å². The van der Waals surface area contributed by atoms with Crippen molar-refractivity contribution in [1.29, 1.82) is 0 Å². The van der Waals surface area contributed by atoms with Gasteiger partial charge in [-0.05, 0) is 56.6 Å². The van der Waals surface area contributed by atoms with Crippen LogP contribution < -0.4 is 5.32 Å². The third kappa shape index (κ3) is 4.28. The number of aromatic nitrogens is 2. The van der Waals surface area contributed by atoms with Gasteiger partial charge in [0.2, 0.25) is 0 Å². The van der Waals surface area contributed by atoms with E-state index in [0.717, 1.165) is 42.9 Å². The molecule has 1 fully saturated rings. The van der Waals surface area contributed by atoms with Gasteiger partial charge in [0, 0.05) is 35.2 Å². The molecular formula is C26H30N4O. The molecule has 5 nitrogen and oxygen atoms in total. The Morgan fingerprint density at radius 1 is 1.00 bits per heavy atom. The Balaban J connectivity index is 1.17. The number of carbonyl (C=O) groups is 1. The quantitative estimate of drug-likeness (QED) is 0.452. The molecule has 0 radical (unpaired) electrons. The van der Waals surface area contributed by atoms with Crippen LogP contribution >= 0.6 is 0 Å². The van der Waals surface area contributed by atoms with Gasteiger partial charge in [0.1, 0.15) is 0 Å². The van der Waals surface area contributed by atoms with Gasteiger partial charge < -0.3 is 10.2 Å². The molecule has 31 heavy (non-hydrogen) atoms. The van der Waals surface area contributed by atoms with E-state index >= 15 is 0 Å². The van der Waals surface area contributed by atoms with Crippen molar-refractivity contribution < 1.29 is 4.79 Å². The Bertz CT molecular complexity index is 1050. The van der Waals surface area contributed by atoms with Crippen LogP contribution in [0, 0.1) is 0 Å². The summed E-state index contributed by atoms with van der Waals surface area (Å²) in [6.45, 7) is 4.21. The SMILES string of the molecule is O=C(NCCCN1CCCCCC1)c1ccc(-c2n[nH]c3c2Cc2ccccc2-3)cc1. The van der Waals surface area contributed by atoms with Gasteiger partial charge in [-0.3, -0.25) is 9.89 Å². The van der Waals surface area contributed by atoms with Gasteiger partial charge in [-0.1, -0.05) is 49.2 Å². The molecule has 1 amide bonds. The van der Waals surface area contributed by atoms with Crippen LogP contribution in [0.3, 0.4) is 0 Å². The number of likely N-dealkylation sites (tertiary alicyclic amines) is 1. The smallest absolute Gasteiger partial charge is 0.251 e. The number of hydrogen-bond donors (Lipinski definition) is 2. The van der Waals surface area contributed by atoms with Gasteiger partial charge >= 0.3 is 0 Å². The first-order valence-corrected chi connectivity index (χ1v) is 11.6. The van der Waals surface area contributed by atoms with E-state index in [9.17, 15) is 4.79 Å². The van der Waals surface area contributed by atoms with Crippen molar-refractivity contribution in [3.63, 3.8) is 0 Å². The number of hydrogen-bond acceptors (Lipinski definition) is 3. The standard InChI is InChI=1S/C26H30N4O/c31-26(27-14-7-17-30-15-5-1-2-6-16-30)20-12-10-19(11-13-20)24-23-18-21-8-3-4-9-22(21)25(23)29-28-24/h3-4,8-13H,1-2,5-7,14-18H2,(H,27,31)(H,28,29). The van der Waals surface area contributed by atoms with E-state index in [4.69, 9.17) is 0 Å². The van der Waals surface area contributed by atoms with Gasteiger partial charge in [-0.25, -0.2) is 0 Å². The molecule has 2 aliphatic rings. The van der Waals surface area contributed by atoms with Crippen molar-refractivity contribution in [3.05, 3.63) is 65.2 Å². The van der Waals surface area contributed by atoms with E-state index in [0.29, 0.717) is 5.56 Å². The molecule has 5 heteroatoms. The van der Waals surface area contributed by atoms with Crippen molar-refractivity contribution in [2.75, 3.05) is 26.2 Å². The zero-order valence-electron chi connectivity index (χ0n) is 18.0. The molecule has 1 aliphatic heterocycles. The third-order valence-corrected chi connectivity index (χ3v) is 6.58. The first-order chi connectivity index (χ1) is 15.3. The molecule has 0 unspecified atom stereocenters. The van der Waals surface area contributed by atoms with Crippen molar-refractivity contribution in [1.82, 2.24) is 20.4 Å². The van der Waals surface area contributed by atoms with Crippen molar-refractivity contribution in [2.24, 2.45) is 0 Å². The summed E-state index contributed by atoms with van der Waals surface area (Å²) in [5.74, 6) is 0.00192. The highest BCUT2D eigenvalue weighted by atomic mass is 16.1. The summed E-state index contributed by atoms with van der Waals surface area (Å²) < 4.78 is 0. The van der Waals surface area contributed by atoms with E-state index in [2.05, 4.69) is 44.7 Å². The van der Waals surface area contributed by atoms with E-state index in [-0.39, 0.29) is 5.91 Å². The molecule has 2 N–H and O–H groups in total. The third-order valence-electron chi connectivity index (χ3n) is 6.58. The lowest BCUT2D eigenvalue weighted by molar-refractivity contribution is 0.0951. The predicted octanol–water partition coefficient (Wildman–Crippen LogP) is 4.64. The molecule has 2 aromatic carbocycles. The van der Waals surface area contributed by atoms with Gasteiger partial charge in [-0.2, -0.15) is 5.10 Å². The van der Waals surface area contributed by atoms with Crippen LogP contribution in [0.5, 0.6) is 0 Å². The number of fused-ring (bicyclic) bond motifs is 3. The first kappa shape index (κ1) is 20.0. The summed E-state index contributed by atoms with van der Waals surface area (Å²) in [6, 6.07) is 16.3. The largest absolute Gasteiger partial charge is 0.352 e. The summed E-state index contributed by atoms with van der Waals surface area (Å²) in [5.41, 5.74) is 7.67. The number of benzene rings is 2. The monoisotopic (exact) mass is 414 g/mol. The molecular weight excluding hydrogens is 384 g/mol. The lowest BCUT2D eigenvalue weighted by Gasteiger charge is -2.19. The molecule has 3 aromatic rings. The lowest BCUT2D eigenvalue weighted by atomic mass is 10.0. The molecule has 1 saturated heterocycles. The Morgan fingerprint density at radius 2 is 1.77 bits per heavy atom. The summed E-state index contributed by atoms with van der Waals surface area (Å²) >= 11 is 0. The van der Waals surface area contributed by atoms with Crippen LogP contribution in [0.2, 0.25) is 0 Å². The number of H-pyrrole nitrogens is 1. The van der Waals surface area contributed by atoms with Crippen LogP contribution in [-0.2, 0) is 6.42 Å². The molecule has 160 valence electrons. The average Bonchev–Trinajstić information content (AvgIpc) is 3.26. The zero-order chi connectivity index (χ0) is 21.0. The molecule has 1 aromatic heterocycles. The highest BCUT2D eigenvalue weighted by molar-refractivity contribution is 5.94. The minimum Gasteiger partial charge on any atom is -0.352 e. The second-order valence-electron chi connectivity index (χ2n) is 8.70. The Hall–Kier alpha value is -2.92. The predicted molar refractivity (Wildman–Crippen MR) is 124 cm³/mol. The highest BCUT2D eigenvalue weighted by Crippen LogP contribution is 2.39. The van der Waals surface area contributed by atoms with E-state index in [1.807, 2.05) is 24.3 Å². The van der Waals surface area contributed by atoms with Crippen molar-refractivity contribution in [3.8, 4) is 22.5 Å². The first-order valence-electron chi connectivity index (χ1n) is 11.6. The summed E-state index contributed by atoms with van der Waals surface area (Å²) in [6.07, 6.45) is 7.24. The summed E-state index contributed by atoms with van der Waals surface area (Å²) in [4.78, 5) is 15.1. The van der Waals surface area contributed by atoms with E-state index in [1.165, 1.54) is 55.5 Å². The fourth-order valence-corrected chi connectivity index (χ4v) is 4.85. The molecule has 0 atom stereocenters. The minimum absolute atomic E-state index is 0.00192. The maximum absolute atomic E-state index is 12.5. The topological polar surface area (TPSA) is 61.0 Å². The Morgan fingerprint density at radius 3 is 2.58 bits per heavy atom. The van der Waals surface area contributed by atoms with Gasteiger partial charge in [-0.15, -0.1) is 0 Å². The van der Waals surface area contributed by atoms with Crippen molar-refractivity contribution in [2.45, 2.75) is 38.5 Å². The molecule has 5 rings (SSSR count). The van der Waals surface area contributed by atoms with Crippen LogP contribution in [0.25, 0.3) is 22.5 Å². The number of aromatic amines is 1. The fourth-order valence-electron chi connectivity index (χ4n) is 4.85. The maximum atomic E-state index is 12.5. The van der Waals surface area contributed by atoms with E-state index in [1.54, 1.807) is 0 Å². The second kappa shape index (κ2) is 9.06. The Labute approximate surface area is 183 Å². The minimum atomic E-state index is 0.00192. The molecule has 2 heterocycles.